The number of nitrogens with zero attached hydrogens (tertiary/aromatic N) is 1. The van der Waals surface area contributed by atoms with E-state index >= 15 is 0 Å². The Morgan fingerprint density at radius 1 is 0.958 bits per heavy atom. The molecule has 0 amide bonds. The standard InChI is InChI=1S/C21H41NO2/c1-6-7-8-9-10-11-12-13-14-15-16-17-20(23)24-19-18-21(2,3)22(4)5/h9-10H,6-8,11-19H2,1-5H3/b10-9+. The Hall–Kier alpha value is -0.830. The fourth-order valence-electron chi connectivity index (χ4n) is 2.33. The van der Waals surface area contributed by atoms with E-state index in [1.165, 1.54) is 44.9 Å². The molecule has 0 bridgehead atoms. The highest BCUT2D eigenvalue weighted by Crippen LogP contribution is 2.15. The van der Waals surface area contributed by atoms with Crippen LogP contribution in [0.4, 0.5) is 0 Å². The lowest BCUT2D eigenvalue weighted by Gasteiger charge is -2.32. The predicted molar refractivity (Wildman–Crippen MR) is 104 cm³/mol. The van der Waals surface area contributed by atoms with Gasteiger partial charge in [0, 0.05) is 12.0 Å². The van der Waals surface area contributed by atoms with Crippen LogP contribution < -0.4 is 0 Å². The molecule has 0 aliphatic heterocycles. The van der Waals surface area contributed by atoms with E-state index in [1.807, 2.05) is 0 Å². The Morgan fingerprint density at radius 2 is 1.54 bits per heavy atom. The highest BCUT2D eigenvalue weighted by Gasteiger charge is 2.20. The van der Waals surface area contributed by atoms with Crippen LogP contribution in [0, 0.1) is 0 Å². The van der Waals surface area contributed by atoms with Crippen molar-refractivity contribution < 1.29 is 9.53 Å². The van der Waals surface area contributed by atoms with E-state index in [2.05, 4.69) is 51.9 Å². The smallest absolute Gasteiger partial charge is 0.305 e. The fourth-order valence-corrected chi connectivity index (χ4v) is 2.33. The lowest BCUT2D eigenvalue weighted by atomic mass is 10.0. The Balaban J connectivity index is 3.42. The third kappa shape index (κ3) is 13.6. The van der Waals surface area contributed by atoms with Crippen LogP contribution in [0.3, 0.4) is 0 Å². The molecule has 0 radical (unpaired) electrons. The van der Waals surface area contributed by atoms with Gasteiger partial charge in [-0.1, -0.05) is 51.2 Å². The Bertz CT molecular complexity index is 335. The topological polar surface area (TPSA) is 29.5 Å². The van der Waals surface area contributed by atoms with Crippen LogP contribution in [-0.2, 0) is 9.53 Å². The molecule has 0 aliphatic rings. The van der Waals surface area contributed by atoms with Crippen molar-refractivity contribution in [2.24, 2.45) is 0 Å². The van der Waals surface area contributed by atoms with Crippen LogP contribution in [-0.4, -0.2) is 37.1 Å². The molecule has 3 heteroatoms. The highest BCUT2D eigenvalue weighted by molar-refractivity contribution is 5.69. The van der Waals surface area contributed by atoms with Gasteiger partial charge in [-0.15, -0.1) is 0 Å². The second kappa shape index (κ2) is 14.5. The van der Waals surface area contributed by atoms with Crippen LogP contribution in [0.25, 0.3) is 0 Å². The molecular formula is C21H41NO2. The molecule has 0 aromatic rings. The molecule has 3 nitrogen and oxygen atoms in total. The van der Waals surface area contributed by atoms with E-state index in [4.69, 9.17) is 4.74 Å². The van der Waals surface area contributed by atoms with E-state index in [-0.39, 0.29) is 11.5 Å². The van der Waals surface area contributed by atoms with Crippen molar-refractivity contribution in [3.63, 3.8) is 0 Å². The molecule has 0 aromatic heterocycles. The fraction of sp³-hybridized carbons (Fsp3) is 0.857. The zero-order chi connectivity index (χ0) is 18.3. The minimum Gasteiger partial charge on any atom is -0.466 e. The van der Waals surface area contributed by atoms with Gasteiger partial charge in [0.05, 0.1) is 6.61 Å². The first-order valence-corrected chi connectivity index (χ1v) is 9.88. The summed E-state index contributed by atoms with van der Waals surface area (Å²) in [6.07, 6.45) is 17.0. The number of hydrogen-bond acceptors (Lipinski definition) is 3. The summed E-state index contributed by atoms with van der Waals surface area (Å²) in [6.45, 7) is 7.09. The molecule has 0 unspecified atom stereocenters. The molecule has 0 spiro atoms. The van der Waals surface area contributed by atoms with Crippen LogP contribution >= 0.6 is 0 Å². The van der Waals surface area contributed by atoms with Crippen molar-refractivity contribution in [1.29, 1.82) is 0 Å². The number of ether oxygens (including phenoxy) is 1. The van der Waals surface area contributed by atoms with E-state index < -0.39 is 0 Å². The summed E-state index contributed by atoms with van der Waals surface area (Å²) in [5, 5.41) is 0. The Labute approximate surface area is 150 Å². The second-order valence-electron chi connectivity index (χ2n) is 7.60. The maximum atomic E-state index is 11.7. The summed E-state index contributed by atoms with van der Waals surface area (Å²) in [6, 6.07) is 0. The number of hydrogen-bond donors (Lipinski definition) is 0. The maximum absolute atomic E-state index is 11.7. The third-order valence-corrected chi connectivity index (χ3v) is 4.83. The Morgan fingerprint density at radius 3 is 2.17 bits per heavy atom. The van der Waals surface area contributed by atoms with Gasteiger partial charge in [-0.3, -0.25) is 4.79 Å². The number of unbranched alkanes of at least 4 members (excludes halogenated alkanes) is 7. The first-order valence-electron chi connectivity index (χ1n) is 9.88. The van der Waals surface area contributed by atoms with Crippen molar-refractivity contribution in [2.75, 3.05) is 20.7 Å². The first kappa shape index (κ1) is 23.2. The second-order valence-corrected chi connectivity index (χ2v) is 7.60. The van der Waals surface area contributed by atoms with Crippen molar-refractivity contribution in [1.82, 2.24) is 4.90 Å². The van der Waals surface area contributed by atoms with Gasteiger partial charge in [0.15, 0.2) is 0 Å². The minimum absolute atomic E-state index is 0.0385. The van der Waals surface area contributed by atoms with Crippen molar-refractivity contribution in [2.45, 2.75) is 96.9 Å². The van der Waals surface area contributed by atoms with Crippen molar-refractivity contribution >= 4 is 5.97 Å². The molecule has 0 aromatic carbocycles. The average Bonchev–Trinajstić information content (AvgIpc) is 2.52. The van der Waals surface area contributed by atoms with Crippen LogP contribution in [0.1, 0.15) is 91.4 Å². The van der Waals surface area contributed by atoms with Crippen molar-refractivity contribution in [3.05, 3.63) is 12.2 Å². The lowest BCUT2D eigenvalue weighted by molar-refractivity contribution is -0.144. The molecule has 142 valence electrons. The molecule has 0 saturated heterocycles. The van der Waals surface area contributed by atoms with E-state index in [9.17, 15) is 4.79 Å². The quantitative estimate of drug-likeness (QED) is 0.216. The van der Waals surface area contributed by atoms with Crippen LogP contribution in [0.5, 0.6) is 0 Å². The number of esters is 1. The molecule has 0 rings (SSSR count). The van der Waals surface area contributed by atoms with E-state index in [0.29, 0.717) is 13.0 Å². The highest BCUT2D eigenvalue weighted by atomic mass is 16.5. The summed E-state index contributed by atoms with van der Waals surface area (Å²) in [5.74, 6) is -0.0385. The Kier molecular flexibility index (Phi) is 14.0. The van der Waals surface area contributed by atoms with Crippen LogP contribution in [0.15, 0.2) is 12.2 Å². The summed E-state index contributed by atoms with van der Waals surface area (Å²) in [7, 11) is 4.12. The average molecular weight is 340 g/mol. The molecule has 0 N–H and O–H groups in total. The molecule has 0 saturated carbocycles. The van der Waals surface area contributed by atoms with Gasteiger partial charge in [0.25, 0.3) is 0 Å². The molecule has 0 heterocycles. The zero-order valence-electron chi connectivity index (χ0n) is 16.9. The predicted octanol–water partition coefficient (Wildman–Crippen LogP) is 5.74. The first-order chi connectivity index (χ1) is 11.4. The number of rotatable bonds is 15. The number of allylic oxidation sites excluding steroid dienone is 2. The lowest BCUT2D eigenvalue weighted by Crippen LogP contribution is -2.39. The molecule has 0 fully saturated rings. The van der Waals surface area contributed by atoms with Gasteiger partial charge in [-0.2, -0.15) is 0 Å². The summed E-state index contributed by atoms with van der Waals surface area (Å²) in [4.78, 5) is 13.9. The van der Waals surface area contributed by atoms with Crippen molar-refractivity contribution in [3.8, 4) is 0 Å². The van der Waals surface area contributed by atoms with Gasteiger partial charge >= 0.3 is 5.97 Å². The summed E-state index contributed by atoms with van der Waals surface area (Å²) >= 11 is 0. The van der Waals surface area contributed by atoms with Gasteiger partial charge in [-0.25, -0.2) is 0 Å². The zero-order valence-corrected chi connectivity index (χ0v) is 16.9. The van der Waals surface area contributed by atoms with E-state index in [1.54, 1.807) is 0 Å². The third-order valence-electron chi connectivity index (χ3n) is 4.83. The molecule has 0 atom stereocenters. The summed E-state index contributed by atoms with van der Waals surface area (Å²) < 4.78 is 5.35. The monoisotopic (exact) mass is 339 g/mol. The minimum atomic E-state index is -0.0385. The van der Waals surface area contributed by atoms with E-state index in [0.717, 1.165) is 19.3 Å². The van der Waals surface area contributed by atoms with Crippen LogP contribution in [0.2, 0.25) is 0 Å². The van der Waals surface area contributed by atoms with Gasteiger partial charge < -0.3 is 9.64 Å². The number of carbonyl (C=O) groups is 1. The normalized spacial score (nSPS) is 12.2. The van der Waals surface area contributed by atoms with Gasteiger partial charge in [-0.05, 0) is 60.0 Å². The number of carbonyl (C=O) groups excluding carboxylic acids is 1. The molecule has 24 heavy (non-hydrogen) atoms. The SMILES string of the molecule is CCCC/C=C/CCCCCCCC(=O)OCCC(C)(C)N(C)C. The van der Waals surface area contributed by atoms with Gasteiger partial charge in [0.1, 0.15) is 0 Å². The largest absolute Gasteiger partial charge is 0.466 e. The van der Waals surface area contributed by atoms with Gasteiger partial charge in [0.2, 0.25) is 0 Å². The molecular weight excluding hydrogens is 298 g/mol. The summed E-state index contributed by atoms with van der Waals surface area (Å²) in [5.41, 5.74) is 0.0747. The molecule has 0 aliphatic carbocycles. The maximum Gasteiger partial charge on any atom is 0.305 e.